The van der Waals surface area contributed by atoms with E-state index in [0.717, 1.165) is 0 Å². The summed E-state index contributed by atoms with van der Waals surface area (Å²) in [7, 11) is 0. The summed E-state index contributed by atoms with van der Waals surface area (Å²) in [4.78, 5) is 0. The third-order valence-electron chi connectivity index (χ3n) is 3.25. The molecule has 0 fully saturated rings. The molecular formula is C21H44O4. The van der Waals surface area contributed by atoms with Crippen LogP contribution >= 0.6 is 0 Å². The Labute approximate surface area is 156 Å². The summed E-state index contributed by atoms with van der Waals surface area (Å²) in [5.74, 6) is 0. The van der Waals surface area contributed by atoms with Gasteiger partial charge in [0, 0.05) is 0 Å². The van der Waals surface area contributed by atoms with Crippen molar-refractivity contribution >= 4 is 0 Å². The summed E-state index contributed by atoms with van der Waals surface area (Å²) in [5, 5.41) is 0. The van der Waals surface area contributed by atoms with Gasteiger partial charge in [0.1, 0.15) is 0 Å². The summed E-state index contributed by atoms with van der Waals surface area (Å²) < 4.78 is 24.6. The third-order valence-corrected chi connectivity index (χ3v) is 3.25. The molecule has 0 bridgehead atoms. The van der Waals surface area contributed by atoms with E-state index in [9.17, 15) is 0 Å². The van der Waals surface area contributed by atoms with Crippen molar-refractivity contribution in [2.45, 2.75) is 105 Å². The zero-order valence-corrected chi connectivity index (χ0v) is 19.0. The van der Waals surface area contributed by atoms with Gasteiger partial charge in [0.05, 0.1) is 54.2 Å². The fraction of sp³-hybridized carbons (Fsp3) is 1.00. The minimum atomic E-state index is -0.360. The molecule has 0 aromatic carbocycles. The summed E-state index contributed by atoms with van der Waals surface area (Å²) in [6.07, 6.45) is 0. The van der Waals surface area contributed by atoms with Gasteiger partial charge in [-0.25, -0.2) is 0 Å². The van der Waals surface area contributed by atoms with Gasteiger partial charge in [0.2, 0.25) is 0 Å². The van der Waals surface area contributed by atoms with E-state index in [1.165, 1.54) is 0 Å². The van der Waals surface area contributed by atoms with Gasteiger partial charge < -0.3 is 18.9 Å². The lowest BCUT2D eigenvalue weighted by molar-refractivity contribution is -0.181. The molecule has 0 aliphatic rings. The molecule has 25 heavy (non-hydrogen) atoms. The van der Waals surface area contributed by atoms with Gasteiger partial charge >= 0.3 is 0 Å². The van der Waals surface area contributed by atoms with Crippen LogP contribution in [0.2, 0.25) is 0 Å². The average Bonchev–Trinajstić information content (AvgIpc) is 2.33. The first-order valence-corrected chi connectivity index (χ1v) is 9.39. The highest BCUT2D eigenvalue weighted by Crippen LogP contribution is 2.29. The zero-order chi connectivity index (χ0) is 20.2. The molecule has 0 aliphatic heterocycles. The van der Waals surface area contributed by atoms with Crippen LogP contribution < -0.4 is 0 Å². The van der Waals surface area contributed by atoms with Crippen LogP contribution in [0.4, 0.5) is 0 Å². The quantitative estimate of drug-likeness (QED) is 0.593. The van der Waals surface area contributed by atoms with E-state index < -0.39 is 0 Å². The molecule has 0 aromatic heterocycles. The van der Waals surface area contributed by atoms with Crippen LogP contribution in [-0.4, -0.2) is 48.8 Å². The van der Waals surface area contributed by atoms with Gasteiger partial charge in [-0.3, -0.25) is 0 Å². The third kappa shape index (κ3) is 14.7. The fourth-order valence-corrected chi connectivity index (χ4v) is 1.73. The Kier molecular flexibility index (Phi) is 8.63. The Hall–Kier alpha value is -0.160. The molecule has 0 N–H and O–H groups in total. The van der Waals surface area contributed by atoms with Crippen LogP contribution in [0.1, 0.15) is 83.1 Å². The molecule has 0 rings (SSSR count). The fourth-order valence-electron chi connectivity index (χ4n) is 1.73. The van der Waals surface area contributed by atoms with Gasteiger partial charge in [-0.2, -0.15) is 0 Å². The molecule has 0 amide bonds. The predicted octanol–water partition coefficient (Wildman–Crippen LogP) is 5.23. The maximum Gasteiger partial charge on any atom is 0.0639 e. The average molecular weight is 361 g/mol. The van der Waals surface area contributed by atoms with Crippen molar-refractivity contribution in [2.24, 2.45) is 5.41 Å². The molecule has 152 valence electrons. The first-order chi connectivity index (χ1) is 10.8. The highest BCUT2D eigenvalue weighted by atomic mass is 16.5. The smallest absolute Gasteiger partial charge is 0.0639 e. The predicted molar refractivity (Wildman–Crippen MR) is 105 cm³/mol. The van der Waals surface area contributed by atoms with E-state index in [-0.39, 0.29) is 27.8 Å². The molecular weight excluding hydrogens is 316 g/mol. The van der Waals surface area contributed by atoms with Gasteiger partial charge in [0.25, 0.3) is 0 Å². The molecule has 0 saturated heterocycles. The maximum absolute atomic E-state index is 6.15. The maximum atomic E-state index is 6.15. The van der Waals surface area contributed by atoms with Gasteiger partial charge in [0.15, 0.2) is 0 Å². The van der Waals surface area contributed by atoms with Crippen molar-refractivity contribution in [3.05, 3.63) is 0 Å². The Balaban J connectivity index is 5.41. The Morgan fingerprint density at radius 3 is 0.640 bits per heavy atom. The zero-order valence-electron chi connectivity index (χ0n) is 19.0. The van der Waals surface area contributed by atoms with Crippen molar-refractivity contribution in [3.63, 3.8) is 0 Å². The first-order valence-electron chi connectivity index (χ1n) is 9.39. The second-order valence-corrected chi connectivity index (χ2v) is 11.1. The molecule has 0 radical (unpaired) electrons. The summed E-state index contributed by atoms with van der Waals surface area (Å²) in [6, 6.07) is 0. The van der Waals surface area contributed by atoms with E-state index >= 15 is 0 Å². The van der Waals surface area contributed by atoms with Gasteiger partial charge in [-0.15, -0.1) is 0 Å². The summed E-state index contributed by atoms with van der Waals surface area (Å²) >= 11 is 0. The molecule has 0 aliphatic carbocycles. The molecule has 0 spiro atoms. The molecule has 0 atom stereocenters. The van der Waals surface area contributed by atoms with E-state index in [4.69, 9.17) is 18.9 Å². The second-order valence-electron chi connectivity index (χ2n) is 11.1. The van der Waals surface area contributed by atoms with Crippen LogP contribution in [0.5, 0.6) is 0 Å². The lowest BCUT2D eigenvalue weighted by Crippen LogP contribution is -2.48. The van der Waals surface area contributed by atoms with Crippen LogP contribution in [-0.2, 0) is 18.9 Å². The first kappa shape index (κ1) is 24.8. The Morgan fingerprint density at radius 2 is 0.520 bits per heavy atom. The second kappa shape index (κ2) is 8.69. The summed E-state index contributed by atoms with van der Waals surface area (Å²) in [6.45, 7) is 26.9. The summed E-state index contributed by atoms with van der Waals surface area (Å²) in [5.41, 5.74) is -1.26. The van der Waals surface area contributed by atoms with Crippen molar-refractivity contribution in [1.29, 1.82) is 0 Å². The number of hydrogen-bond donors (Lipinski definition) is 0. The normalized spacial score (nSPS) is 14.9. The SMILES string of the molecule is CC(C)(C)OCC(COC(C)(C)C)(COC(C)(C)C)COC(C)(C)C. The molecule has 0 saturated carbocycles. The van der Waals surface area contributed by atoms with Crippen molar-refractivity contribution in [1.82, 2.24) is 0 Å². The lowest BCUT2D eigenvalue weighted by atomic mass is 9.90. The molecule has 0 unspecified atom stereocenters. The molecule has 4 heteroatoms. The molecule has 0 heterocycles. The van der Waals surface area contributed by atoms with Crippen LogP contribution in [0, 0.1) is 5.41 Å². The number of ether oxygens (including phenoxy) is 4. The standard InChI is InChI=1S/C21H44O4/c1-17(2,3)22-13-21(14-23-18(4,5)6,15-24-19(7,8)9)16-25-20(10,11)12/h13-16H2,1-12H3. The Morgan fingerprint density at radius 1 is 0.360 bits per heavy atom. The van der Waals surface area contributed by atoms with E-state index in [1.807, 2.05) is 0 Å². The highest BCUT2D eigenvalue weighted by molar-refractivity contribution is 4.84. The van der Waals surface area contributed by atoms with Crippen LogP contribution in [0.25, 0.3) is 0 Å². The van der Waals surface area contributed by atoms with Crippen LogP contribution in [0.15, 0.2) is 0 Å². The monoisotopic (exact) mass is 360 g/mol. The van der Waals surface area contributed by atoms with E-state index in [1.54, 1.807) is 0 Å². The van der Waals surface area contributed by atoms with Gasteiger partial charge in [-0.05, 0) is 83.1 Å². The largest absolute Gasteiger partial charge is 0.375 e. The highest BCUT2D eigenvalue weighted by Gasteiger charge is 2.37. The van der Waals surface area contributed by atoms with E-state index in [2.05, 4.69) is 83.1 Å². The van der Waals surface area contributed by atoms with Crippen molar-refractivity contribution in [3.8, 4) is 0 Å². The molecule has 0 aromatic rings. The number of hydrogen-bond acceptors (Lipinski definition) is 4. The Bertz CT molecular complexity index is 297. The van der Waals surface area contributed by atoms with Crippen molar-refractivity contribution < 1.29 is 18.9 Å². The minimum absolute atomic E-state index is 0.226. The topological polar surface area (TPSA) is 36.9 Å². The lowest BCUT2D eigenvalue weighted by Gasteiger charge is -2.40. The molecule has 4 nitrogen and oxygen atoms in total. The number of rotatable bonds is 8. The van der Waals surface area contributed by atoms with Gasteiger partial charge in [-0.1, -0.05) is 0 Å². The van der Waals surface area contributed by atoms with E-state index in [0.29, 0.717) is 26.4 Å². The minimum Gasteiger partial charge on any atom is -0.375 e. The van der Waals surface area contributed by atoms with Crippen LogP contribution in [0.3, 0.4) is 0 Å². The van der Waals surface area contributed by atoms with Crippen molar-refractivity contribution in [2.75, 3.05) is 26.4 Å².